The van der Waals surface area contributed by atoms with Crippen molar-refractivity contribution in [2.75, 3.05) is 46.0 Å². The Bertz CT molecular complexity index is 504. The van der Waals surface area contributed by atoms with Crippen molar-refractivity contribution in [3.8, 4) is 0 Å². The molecule has 0 aromatic rings. The number of rotatable bonds is 20. The Morgan fingerprint density at radius 3 is 1.77 bits per heavy atom. The highest BCUT2D eigenvalue weighted by molar-refractivity contribution is 7.47. The van der Waals surface area contributed by atoms with E-state index in [1.54, 1.807) is 0 Å². The standard InChI is InChI=1S/C22H44NO6P/c1-6-9-14-23(15-10-7-2,16-11-8-3)17-12-13-18-28-30(25,26)29-20-19-27-22(24)21(4)5/h4,6-20H2,1-3,5H3/p+1. The molecule has 0 amide bonds. The van der Waals surface area contributed by atoms with Gasteiger partial charge in [-0.2, -0.15) is 0 Å². The predicted octanol–water partition coefficient (Wildman–Crippen LogP) is 5.24. The fourth-order valence-corrected chi connectivity index (χ4v) is 4.07. The van der Waals surface area contributed by atoms with Gasteiger partial charge in [0.15, 0.2) is 0 Å². The minimum Gasteiger partial charge on any atom is -0.460 e. The van der Waals surface area contributed by atoms with E-state index >= 15 is 0 Å². The molecule has 0 aliphatic carbocycles. The van der Waals surface area contributed by atoms with Gasteiger partial charge in [-0.15, -0.1) is 0 Å². The average molecular weight is 451 g/mol. The molecule has 0 aliphatic rings. The molecular weight excluding hydrogens is 405 g/mol. The number of phosphoric acid groups is 1. The van der Waals surface area contributed by atoms with Crippen LogP contribution in [0.5, 0.6) is 0 Å². The molecular formula is C22H45NO6P+. The molecule has 0 bridgehead atoms. The van der Waals surface area contributed by atoms with Crippen LogP contribution in [0, 0.1) is 0 Å². The summed E-state index contributed by atoms with van der Waals surface area (Å²) in [6.07, 6.45) is 8.98. The van der Waals surface area contributed by atoms with Crippen molar-refractivity contribution in [2.45, 2.75) is 79.1 Å². The van der Waals surface area contributed by atoms with Crippen LogP contribution in [0.25, 0.3) is 0 Å². The quantitative estimate of drug-likeness (QED) is 0.0898. The van der Waals surface area contributed by atoms with Gasteiger partial charge in [0, 0.05) is 5.57 Å². The number of hydrogen-bond acceptors (Lipinski definition) is 5. The number of ether oxygens (including phenoxy) is 1. The lowest BCUT2D eigenvalue weighted by Gasteiger charge is -2.39. The second kappa shape index (κ2) is 16.9. The summed E-state index contributed by atoms with van der Waals surface area (Å²) < 4.78 is 27.8. The fraction of sp³-hybridized carbons (Fsp3) is 0.864. The number of esters is 1. The van der Waals surface area contributed by atoms with E-state index in [-0.39, 0.29) is 25.4 Å². The molecule has 1 atom stereocenters. The molecule has 0 saturated carbocycles. The van der Waals surface area contributed by atoms with Gasteiger partial charge in [0.2, 0.25) is 0 Å². The first-order chi connectivity index (χ1) is 14.2. The number of quaternary nitrogens is 1. The number of carbonyl (C=O) groups excluding carboxylic acids is 1. The van der Waals surface area contributed by atoms with E-state index in [1.807, 2.05) is 0 Å². The monoisotopic (exact) mass is 450 g/mol. The van der Waals surface area contributed by atoms with E-state index < -0.39 is 13.8 Å². The minimum absolute atomic E-state index is 0.119. The SMILES string of the molecule is C=C(C)C(=O)OCCOP(=O)(O)OCCCC[N+](CCCC)(CCCC)CCCC. The highest BCUT2D eigenvalue weighted by Gasteiger charge is 2.26. The summed E-state index contributed by atoms with van der Waals surface area (Å²) in [4.78, 5) is 21.0. The Labute approximate surface area is 184 Å². The molecule has 0 aliphatic heterocycles. The fourth-order valence-electron chi connectivity index (χ4n) is 3.33. The number of carbonyl (C=O) groups is 1. The Kier molecular flexibility index (Phi) is 16.5. The minimum atomic E-state index is -4.13. The van der Waals surface area contributed by atoms with Crippen LogP contribution >= 0.6 is 7.82 Å². The van der Waals surface area contributed by atoms with Crippen LogP contribution in [0.3, 0.4) is 0 Å². The zero-order valence-corrected chi connectivity index (χ0v) is 20.6. The largest absolute Gasteiger partial charge is 0.472 e. The Hall–Kier alpha value is -0.720. The maximum absolute atomic E-state index is 11.9. The van der Waals surface area contributed by atoms with E-state index in [9.17, 15) is 14.3 Å². The van der Waals surface area contributed by atoms with E-state index in [0.717, 1.165) is 17.4 Å². The number of hydrogen-bond donors (Lipinski definition) is 1. The van der Waals surface area contributed by atoms with Crippen LogP contribution in [0.4, 0.5) is 0 Å². The van der Waals surface area contributed by atoms with Crippen molar-refractivity contribution < 1.29 is 32.5 Å². The molecule has 8 heteroatoms. The van der Waals surface area contributed by atoms with E-state index in [4.69, 9.17) is 13.8 Å². The topological polar surface area (TPSA) is 82.1 Å². The first kappa shape index (κ1) is 29.3. The Balaban J connectivity index is 4.34. The number of phosphoric ester groups is 1. The summed E-state index contributed by atoms with van der Waals surface area (Å²) >= 11 is 0. The van der Waals surface area contributed by atoms with Gasteiger partial charge in [0.1, 0.15) is 6.61 Å². The Morgan fingerprint density at radius 2 is 1.30 bits per heavy atom. The summed E-state index contributed by atoms with van der Waals surface area (Å²) in [6.45, 7) is 16.3. The summed E-state index contributed by atoms with van der Waals surface area (Å²) in [7, 11) is -4.13. The highest BCUT2D eigenvalue weighted by atomic mass is 31.2. The molecule has 178 valence electrons. The van der Waals surface area contributed by atoms with Gasteiger partial charge >= 0.3 is 13.8 Å². The van der Waals surface area contributed by atoms with Crippen molar-refractivity contribution in [2.24, 2.45) is 0 Å². The van der Waals surface area contributed by atoms with Crippen LogP contribution in [0.2, 0.25) is 0 Å². The maximum atomic E-state index is 11.9. The van der Waals surface area contributed by atoms with Gasteiger partial charge < -0.3 is 14.1 Å². The van der Waals surface area contributed by atoms with Gasteiger partial charge in [0.25, 0.3) is 0 Å². The zero-order valence-electron chi connectivity index (χ0n) is 19.7. The van der Waals surface area contributed by atoms with Gasteiger partial charge in [0.05, 0.1) is 39.4 Å². The molecule has 0 radical (unpaired) electrons. The maximum Gasteiger partial charge on any atom is 0.472 e. The number of nitrogens with zero attached hydrogens (tertiary/aromatic N) is 1. The second-order valence-corrected chi connectivity index (χ2v) is 9.51. The van der Waals surface area contributed by atoms with Crippen molar-refractivity contribution in [1.29, 1.82) is 0 Å². The van der Waals surface area contributed by atoms with Gasteiger partial charge in [-0.25, -0.2) is 9.36 Å². The molecule has 0 rings (SSSR count). The third-order valence-corrected chi connectivity index (χ3v) is 6.18. The second-order valence-electron chi connectivity index (χ2n) is 8.06. The number of unbranched alkanes of at least 4 members (excludes halogenated alkanes) is 4. The van der Waals surface area contributed by atoms with Crippen LogP contribution in [-0.2, 0) is 23.1 Å². The van der Waals surface area contributed by atoms with Crippen molar-refractivity contribution in [3.63, 3.8) is 0 Å². The summed E-state index contributed by atoms with van der Waals surface area (Å²) in [5.74, 6) is -0.553. The summed E-state index contributed by atoms with van der Waals surface area (Å²) in [6, 6.07) is 0. The van der Waals surface area contributed by atoms with Gasteiger partial charge in [-0.3, -0.25) is 9.05 Å². The van der Waals surface area contributed by atoms with Crippen LogP contribution in [-0.4, -0.2) is 61.3 Å². The zero-order chi connectivity index (χ0) is 22.9. The smallest absolute Gasteiger partial charge is 0.460 e. The molecule has 0 aromatic heterocycles. The van der Waals surface area contributed by atoms with E-state index in [1.165, 1.54) is 65.1 Å². The molecule has 1 N–H and O–H groups in total. The molecule has 0 aromatic carbocycles. The first-order valence-electron chi connectivity index (χ1n) is 11.5. The predicted molar refractivity (Wildman–Crippen MR) is 121 cm³/mol. The highest BCUT2D eigenvalue weighted by Crippen LogP contribution is 2.43. The van der Waals surface area contributed by atoms with Crippen molar-refractivity contribution >= 4 is 13.8 Å². The molecule has 0 fully saturated rings. The molecule has 0 heterocycles. The molecule has 0 saturated heterocycles. The summed E-state index contributed by atoms with van der Waals surface area (Å²) in [5.41, 5.74) is 0.268. The summed E-state index contributed by atoms with van der Waals surface area (Å²) in [5, 5.41) is 0. The van der Waals surface area contributed by atoms with Gasteiger partial charge in [-0.05, 0) is 39.0 Å². The third-order valence-electron chi connectivity index (χ3n) is 5.16. The lowest BCUT2D eigenvalue weighted by Crippen LogP contribution is -2.50. The first-order valence-corrected chi connectivity index (χ1v) is 13.0. The molecule has 30 heavy (non-hydrogen) atoms. The normalized spacial score (nSPS) is 13.8. The van der Waals surface area contributed by atoms with Crippen molar-refractivity contribution in [3.05, 3.63) is 12.2 Å². The van der Waals surface area contributed by atoms with Crippen LogP contribution < -0.4 is 0 Å². The van der Waals surface area contributed by atoms with Crippen LogP contribution in [0.1, 0.15) is 79.1 Å². The van der Waals surface area contributed by atoms with Crippen LogP contribution in [0.15, 0.2) is 12.2 Å². The Morgan fingerprint density at radius 1 is 0.833 bits per heavy atom. The lowest BCUT2D eigenvalue weighted by molar-refractivity contribution is -0.929. The third kappa shape index (κ3) is 14.3. The molecule has 1 unspecified atom stereocenters. The lowest BCUT2D eigenvalue weighted by atomic mass is 10.1. The average Bonchev–Trinajstić information content (AvgIpc) is 2.71. The van der Waals surface area contributed by atoms with E-state index in [0.29, 0.717) is 6.42 Å². The molecule has 0 spiro atoms. The van der Waals surface area contributed by atoms with Gasteiger partial charge in [-0.1, -0.05) is 46.6 Å². The van der Waals surface area contributed by atoms with Crippen molar-refractivity contribution in [1.82, 2.24) is 0 Å². The van der Waals surface area contributed by atoms with E-state index in [2.05, 4.69) is 27.4 Å². The molecule has 7 nitrogen and oxygen atoms in total.